The van der Waals surface area contributed by atoms with Gasteiger partial charge in [-0.05, 0) is 20.8 Å². The molecule has 0 spiro atoms. The minimum Gasteiger partial charge on any atom is -0.304 e. The summed E-state index contributed by atoms with van der Waals surface area (Å²) in [4.78, 5) is 1.98. The molecular formula is C8H18N2. The van der Waals surface area contributed by atoms with Crippen LogP contribution in [0.2, 0.25) is 0 Å². The van der Waals surface area contributed by atoms with Gasteiger partial charge in [-0.1, -0.05) is 0 Å². The number of hydrogen-bond acceptors (Lipinski definition) is 2. The normalized spacial score (nSPS) is 45.7. The molecule has 1 heterocycles. The molecule has 1 aliphatic heterocycles. The van der Waals surface area contributed by atoms with Crippen LogP contribution in [0.25, 0.3) is 0 Å². The molecule has 0 N–H and O–H groups in total. The third kappa shape index (κ3) is 1.96. The quantitative estimate of drug-likeness (QED) is 0.540. The molecule has 0 amide bonds. The molecule has 1 aliphatic rings. The zero-order valence-corrected chi connectivity index (χ0v) is 6.39. The molecule has 1 rings (SSSR count). The molecule has 0 radical (unpaired) electrons. The second kappa shape index (κ2) is 3.35. The van der Waals surface area contributed by atoms with Crippen LogP contribution in [0.5, 0.6) is 0 Å². The van der Waals surface area contributed by atoms with Crippen molar-refractivity contribution in [1.82, 2.24) is 9.80 Å². The van der Waals surface area contributed by atoms with Crippen LogP contribution in [-0.2, 0) is 0 Å². The van der Waals surface area contributed by atoms with Gasteiger partial charge in [-0.15, -0.1) is 0 Å². The van der Waals surface area contributed by atoms with Crippen molar-refractivity contribution in [3.05, 3.63) is 0 Å². The summed E-state index contributed by atoms with van der Waals surface area (Å²) in [6, 6.07) is -0.182. The molecule has 0 unspecified atom stereocenters. The molecule has 0 aromatic heterocycles. The second-order valence-corrected chi connectivity index (χ2v) is 2.66. The highest BCUT2D eigenvalue weighted by Gasteiger charge is 2.15. The SMILES string of the molecule is [2H]C([2H])([2H])N1CCN(C(C)C)C([2H])([2H])C1([2H])[2H]. The van der Waals surface area contributed by atoms with Crippen molar-refractivity contribution in [2.24, 2.45) is 0 Å². The Morgan fingerprint density at radius 2 is 2.20 bits per heavy atom. The summed E-state index contributed by atoms with van der Waals surface area (Å²) in [5.41, 5.74) is 0. The Morgan fingerprint density at radius 1 is 1.40 bits per heavy atom. The van der Waals surface area contributed by atoms with Crippen molar-refractivity contribution in [2.75, 3.05) is 33.1 Å². The molecule has 0 saturated carbocycles. The molecule has 2 nitrogen and oxygen atoms in total. The van der Waals surface area contributed by atoms with Gasteiger partial charge in [-0.25, -0.2) is 0 Å². The monoisotopic (exact) mass is 149 g/mol. The van der Waals surface area contributed by atoms with Crippen molar-refractivity contribution in [3.63, 3.8) is 0 Å². The number of rotatable bonds is 1. The molecule has 0 bridgehead atoms. The van der Waals surface area contributed by atoms with Crippen LogP contribution in [0.3, 0.4) is 0 Å². The minimum absolute atomic E-state index is 0.0127. The summed E-state index contributed by atoms with van der Waals surface area (Å²) in [7, 11) is 0. The third-order valence-electron chi connectivity index (χ3n) is 1.52. The van der Waals surface area contributed by atoms with Crippen LogP contribution in [0.1, 0.15) is 23.4 Å². The smallest absolute Gasteiger partial charge is 0.0444 e. The molecule has 1 fully saturated rings. The zero-order valence-electron chi connectivity index (χ0n) is 13.4. The number of likely N-dealkylation sites (N-methyl/N-ethyl adjacent to an activating group) is 1. The topological polar surface area (TPSA) is 6.48 Å². The lowest BCUT2D eigenvalue weighted by molar-refractivity contribution is 0.126. The largest absolute Gasteiger partial charge is 0.304 e. The van der Waals surface area contributed by atoms with Gasteiger partial charge in [-0.2, -0.15) is 0 Å². The fourth-order valence-electron chi connectivity index (χ4n) is 0.831. The summed E-state index contributed by atoms with van der Waals surface area (Å²) in [6.45, 7) is -3.78. The molecule has 0 aromatic rings. The standard InChI is InChI=1S/C8H18N2/c1-8(2)10-6-4-9(3)5-7-10/h8H,4-7H2,1-3H3/i3D3,4D2,6D2. The van der Waals surface area contributed by atoms with Gasteiger partial charge in [0.2, 0.25) is 0 Å². The molecule has 60 valence electrons. The maximum Gasteiger partial charge on any atom is 0.0444 e. The van der Waals surface area contributed by atoms with Crippen LogP contribution >= 0.6 is 0 Å². The third-order valence-corrected chi connectivity index (χ3v) is 1.52. The summed E-state index contributed by atoms with van der Waals surface area (Å²) in [6.07, 6.45) is 0. The number of hydrogen-bond donors (Lipinski definition) is 0. The van der Waals surface area contributed by atoms with Gasteiger partial charge >= 0.3 is 0 Å². The molecule has 0 aromatic carbocycles. The van der Waals surface area contributed by atoms with E-state index in [2.05, 4.69) is 0 Å². The first-order valence-corrected chi connectivity index (χ1v) is 3.47. The minimum atomic E-state index is -2.63. The Kier molecular flexibility index (Phi) is 0.924. The second-order valence-electron chi connectivity index (χ2n) is 2.66. The number of piperazine rings is 1. The molecule has 2 heteroatoms. The highest BCUT2D eigenvalue weighted by atomic mass is 15.3. The molecular weight excluding hydrogens is 124 g/mol. The van der Waals surface area contributed by atoms with Gasteiger partial charge in [0.1, 0.15) is 0 Å². The van der Waals surface area contributed by atoms with E-state index in [-0.39, 0.29) is 19.1 Å². The van der Waals surface area contributed by atoms with Gasteiger partial charge < -0.3 is 4.90 Å². The Morgan fingerprint density at radius 3 is 2.80 bits per heavy atom. The number of nitrogens with zero attached hydrogens (tertiary/aromatic N) is 2. The molecule has 0 atom stereocenters. The van der Waals surface area contributed by atoms with Crippen LogP contribution in [0.4, 0.5) is 0 Å². The Balaban J connectivity index is 3.10. The lowest BCUT2D eigenvalue weighted by Crippen LogP contribution is -2.47. The van der Waals surface area contributed by atoms with E-state index in [0.29, 0.717) is 4.90 Å². The first-order valence-electron chi connectivity index (χ1n) is 6.97. The van der Waals surface area contributed by atoms with E-state index in [9.17, 15) is 0 Å². The van der Waals surface area contributed by atoms with Crippen molar-refractivity contribution >= 4 is 0 Å². The summed E-state index contributed by atoms with van der Waals surface area (Å²) in [5.74, 6) is 0. The van der Waals surface area contributed by atoms with Crippen molar-refractivity contribution in [3.8, 4) is 0 Å². The average molecular weight is 149 g/mol. The van der Waals surface area contributed by atoms with Crippen molar-refractivity contribution in [1.29, 1.82) is 0 Å². The van der Waals surface area contributed by atoms with E-state index in [1.165, 1.54) is 4.90 Å². The van der Waals surface area contributed by atoms with E-state index in [1.54, 1.807) is 13.8 Å². The molecule has 10 heavy (non-hydrogen) atoms. The lowest BCUT2D eigenvalue weighted by atomic mass is 10.2. The molecule has 1 saturated heterocycles. The Hall–Kier alpha value is -0.0800. The zero-order chi connectivity index (χ0) is 13.6. The summed E-state index contributed by atoms with van der Waals surface area (Å²) < 4.78 is 53.1. The van der Waals surface area contributed by atoms with Gasteiger partial charge in [0.15, 0.2) is 0 Å². The fourth-order valence-corrected chi connectivity index (χ4v) is 0.831. The van der Waals surface area contributed by atoms with E-state index in [1.807, 2.05) is 0 Å². The Bertz CT molecular complexity index is 286. The highest BCUT2D eigenvalue weighted by molar-refractivity contribution is 4.71. The summed E-state index contributed by atoms with van der Waals surface area (Å²) in [5, 5.41) is 0. The van der Waals surface area contributed by atoms with Crippen molar-refractivity contribution in [2.45, 2.75) is 19.9 Å². The van der Waals surface area contributed by atoms with E-state index < -0.39 is 20.0 Å². The first-order chi connectivity index (χ1) is 7.42. The first kappa shape index (κ1) is 2.76. The molecule has 0 aliphatic carbocycles. The maximum atomic E-state index is 7.85. The van der Waals surface area contributed by atoms with Crippen LogP contribution in [0.15, 0.2) is 0 Å². The predicted octanol–water partition coefficient (Wildman–Crippen LogP) is 0.642. The average Bonchev–Trinajstić information content (AvgIpc) is 2.06. The van der Waals surface area contributed by atoms with Crippen LogP contribution < -0.4 is 0 Å². The van der Waals surface area contributed by atoms with Crippen LogP contribution in [0, 0.1) is 0 Å². The lowest BCUT2D eigenvalue weighted by Gasteiger charge is -2.34. The Labute approximate surface area is 73.6 Å². The van der Waals surface area contributed by atoms with E-state index in [0.717, 1.165) is 0 Å². The van der Waals surface area contributed by atoms with Gasteiger partial charge in [0, 0.05) is 41.7 Å². The maximum absolute atomic E-state index is 7.85. The van der Waals surface area contributed by atoms with E-state index in [4.69, 9.17) is 9.60 Å². The van der Waals surface area contributed by atoms with E-state index >= 15 is 0 Å². The predicted molar refractivity (Wildman–Crippen MR) is 44.2 cm³/mol. The van der Waals surface area contributed by atoms with Gasteiger partial charge in [0.05, 0.1) is 0 Å². The van der Waals surface area contributed by atoms with Crippen LogP contribution in [-0.4, -0.2) is 48.9 Å². The summed E-state index contributed by atoms with van der Waals surface area (Å²) >= 11 is 0. The van der Waals surface area contributed by atoms with Crippen molar-refractivity contribution < 1.29 is 9.60 Å². The van der Waals surface area contributed by atoms with Gasteiger partial charge in [-0.3, -0.25) is 4.90 Å². The fraction of sp³-hybridized carbons (Fsp3) is 1.00. The highest BCUT2D eigenvalue weighted by Crippen LogP contribution is 2.02. The van der Waals surface area contributed by atoms with Gasteiger partial charge in [0.25, 0.3) is 0 Å².